The van der Waals surface area contributed by atoms with Crippen LogP contribution in [0.25, 0.3) is 10.9 Å². The molecule has 0 fully saturated rings. The predicted octanol–water partition coefficient (Wildman–Crippen LogP) is 4.98. The predicted molar refractivity (Wildman–Crippen MR) is 107 cm³/mol. The van der Waals surface area contributed by atoms with Crippen molar-refractivity contribution in [1.29, 1.82) is 0 Å². The molecule has 0 aliphatic heterocycles. The van der Waals surface area contributed by atoms with Gasteiger partial charge in [0.1, 0.15) is 11.8 Å². The lowest BCUT2D eigenvalue weighted by Crippen LogP contribution is -2.06. The first-order valence-corrected chi connectivity index (χ1v) is 9.68. The highest BCUT2D eigenvalue weighted by Gasteiger charge is 2.14. The molecule has 0 aliphatic carbocycles. The summed E-state index contributed by atoms with van der Waals surface area (Å²) in [6, 6.07) is 12.7. The lowest BCUT2D eigenvalue weighted by atomic mass is 10.1. The SMILES string of the molecule is COc1ccc(C(=O)OCc2cc3ccc(SC)cc3nc2Cl)cc1OC. The molecule has 1 heterocycles. The Labute approximate surface area is 166 Å². The summed E-state index contributed by atoms with van der Waals surface area (Å²) in [4.78, 5) is 17.9. The van der Waals surface area contributed by atoms with E-state index in [0.717, 1.165) is 15.8 Å². The van der Waals surface area contributed by atoms with Crippen LogP contribution >= 0.6 is 23.4 Å². The first kappa shape index (κ1) is 19.3. The molecule has 3 rings (SSSR count). The quantitative estimate of drug-likeness (QED) is 0.328. The summed E-state index contributed by atoms with van der Waals surface area (Å²) in [5, 5.41) is 1.26. The molecular formula is C20H18ClNO4S. The van der Waals surface area contributed by atoms with Crippen molar-refractivity contribution in [3.05, 3.63) is 58.7 Å². The average molecular weight is 404 g/mol. The van der Waals surface area contributed by atoms with Gasteiger partial charge in [0.25, 0.3) is 0 Å². The summed E-state index contributed by atoms with van der Waals surface area (Å²) in [5.74, 6) is 0.521. The molecule has 0 aliphatic rings. The molecule has 0 saturated heterocycles. The zero-order valence-electron chi connectivity index (χ0n) is 15.1. The average Bonchev–Trinajstić information content (AvgIpc) is 2.70. The number of hydrogen-bond acceptors (Lipinski definition) is 6. The Bertz CT molecular complexity index is 993. The number of fused-ring (bicyclic) bond motifs is 1. The fourth-order valence-corrected chi connectivity index (χ4v) is 3.22. The molecular weight excluding hydrogens is 386 g/mol. The molecule has 3 aromatic rings. The van der Waals surface area contributed by atoms with Crippen LogP contribution in [0.4, 0.5) is 0 Å². The van der Waals surface area contributed by atoms with Crippen molar-refractivity contribution in [1.82, 2.24) is 4.98 Å². The van der Waals surface area contributed by atoms with Crippen LogP contribution < -0.4 is 9.47 Å². The molecule has 2 aromatic carbocycles. The Balaban J connectivity index is 1.78. The van der Waals surface area contributed by atoms with Gasteiger partial charge in [0, 0.05) is 15.8 Å². The Morgan fingerprint density at radius 1 is 1.07 bits per heavy atom. The topological polar surface area (TPSA) is 57.7 Å². The molecule has 1 aromatic heterocycles. The summed E-state index contributed by atoms with van der Waals surface area (Å²) in [6.45, 7) is 0.0270. The fraction of sp³-hybridized carbons (Fsp3) is 0.200. The summed E-state index contributed by atoms with van der Waals surface area (Å²) >= 11 is 7.91. The zero-order valence-corrected chi connectivity index (χ0v) is 16.7. The van der Waals surface area contributed by atoms with E-state index in [1.165, 1.54) is 14.2 Å². The van der Waals surface area contributed by atoms with Crippen LogP contribution in [0.3, 0.4) is 0 Å². The van der Waals surface area contributed by atoms with Crippen LogP contribution in [-0.4, -0.2) is 31.4 Å². The molecule has 0 bridgehead atoms. The smallest absolute Gasteiger partial charge is 0.338 e. The van der Waals surface area contributed by atoms with Gasteiger partial charge in [0.15, 0.2) is 11.5 Å². The second-order valence-electron chi connectivity index (χ2n) is 5.64. The van der Waals surface area contributed by atoms with E-state index in [4.69, 9.17) is 25.8 Å². The number of benzene rings is 2. The third-order valence-corrected chi connectivity index (χ3v) is 5.08. The maximum absolute atomic E-state index is 12.4. The summed E-state index contributed by atoms with van der Waals surface area (Å²) in [6.07, 6.45) is 2.00. The monoisotopic (exact) mass is 403 g/mol. The maximum Gasteiger partial charge on any atom is 0.338 e. The minimum Gasteiger partial charge on any atom is -0.493 e. The molecule has 27 heavy (non-hydrogen) atoms. The largest absolute Gasteiger partial charge is 0.493 e. The van der Waals surface area contributed by atoms with Crippen molar-refractivity contribution in [2.24, 2.45) is 0 Å². The van der Waals surface area contributed by atoms with Gasteiger partial charge in [0.05, 0.1) is 25.3 Å². The van der Waals surface area contributed by atoms with Gasteiger partial charge in [-0.05, 0) is 42.7 Å². The number of rotatable bonds is 6. The number of methoxy groups -OCH3 is 2. The van der Waals surface area contributed by atoms with E-state index in [1.54, 1.807) is 30.0 Å². The first-order valence-electron chi connectivity index (χ1n) is 8.08. The van der Waals surface area contributed by atoms with Gasteiger partial charge in [-0.15, -0.1) is 11.8 Å². The highest BCUT2D eigenvalue weighted by atomic mass is 35.5. The second-order valence-corrected chi connectivity index (χ2v) is 6.88. The number of carbonyl (C=O) groups is 1. The number of halogens is 1. The molecule has 0 radical (unpaired) electrons. The van der Waals surface area contributed by atoms with E-state index in [0.29, 0.717) is 27.8 Å². The third kappa shape index (κ3) is 4.28. The van der Waals surface area contributed by atoms with Crippen LogP contribution in [0, 0.1) is 0 Å². The van der Waals surface area contributed by atoms with Crippen LogP contribution in [-0.2, 0) is 11.3 Å². The molecule has 0 atom stereocenters. The zero-order chi connectivity index (χ0) is 19.4. The Morgan fingerprint density at radius 2 is 1.85 bits per heavy atom. The Hall–Kier alpha value is -2.44. The maximum atomic E-state index is 12.4. The summed E-state index contributed by atoms with van der Waals surface area (Å²) < 4.78 is 15.8. The van der Waals surface area contributed by atoms with Gasteiger partial charge in [0.2, 0.25) is 0 Å². The van der Waals surface area contributed by atoms with Gasteiger partial charge in [-0.25, -0.2) is 9.78 Å². The minimum atomic E-state index is -0.482. The van der Waals surface area contributed by atoms with Crippen molar-refractivity contribution in [2.75, 3.05) is 20.5 Å². The van der Waals surface area contributed by atoms with E-state index < -0.39 is 5.97 Å². The number of pyridine rings is 1. The second kappa shape index (κ2) is 8.50. The lowest BCUT2D eigenvalue weighted by Gasteiger charge is -2.11. The molecule has 0 amide bonds. The van der Waals surface area contributed by atoms with Gasteiger partial charge in [-0.3, -0.25) is 0 Å². The van der Waals surface area contributed by atoms with Crippen LogP contribution in [0.2, 0.25) is 5.15 Å². The van der Waals surface area contributed by atoms with Crippen molar-refractivity contribution in [3.8, 4) is 11.5 Å². The van der Waals surface area contributed by atoms with Crippen LogP contribution in [0.5, 0.6) is 11.5 Å². The first-order chi connectivity index (χ1) is 13.0. The van der Waals surface area contributed by atoms with Gasteiger partial charge < -0.3 is 14.2 Å². The van der Waals surface area contributed by atoms with Crippen molar-refractivity contribution in [3.63, 3.8) is 0 Å². The number of nitrogens with zero attached hydrogens (tertiary/aromatic N) is 1. The molecule has 0 saturated carbocycles. The Kier molecular flexibility index (Phi) is 6.08. The van der Waals surface area contributed by atoms with E-state index in [9.17, 15) is 4.79 Å². The van der Waals surface area contributed by atoms with Gasteiger partial charge in [-0.2, -0.15) is 0 Å². The van der Waals surface area contributed by atoms with Gasteiger partial charge in [-0.1, -0.05) is 17.7 Å². The molecule has 0 spiro atoms. The number of esters is 1. The van der Waals surface area contributed by atoms with Crippen LogP contribution in [0.15, 0.2) is 47.4 Å². The molecule has 140 valence electrons. The van der Waals surface area contributed by atoms with E-state index in [-0.39, 0.29) is 6.61 Å². The lowest BCUT2D eigenvalue weighted by molar-refractivity contribution is 0.0472. The van der Waals surface area contributed by atoms with Crippen molar-refractivity contribution < 1.29 is 19.0 Å². The molecule has 7 heteroatoms. The number of hydrogen-bond donors (Lipinski definition) is 0. The summed E-state index contributed by atoms with van der Waals surface area (Å²) in [7, 11) is 3.04. The number of aromatic nitrogens is 1. The standard InChI is InChI=1S/C20H18ClNO4S/c1-24-17-7-5-13(9-18(17)25-2)20(23)26-11-14-8-12-4-6-15(27-3)10-16(12)22-19(14)21/h4-10H,11H2,1-3H3. The molecule has 5 nitrogen and oxygen atoms in total. The fourth-order valence-electron chi connectivity index (χ4n) is 2.59. The normalized spacial score (nSPS) is 10.7. The van der Waals surface area contributed by atoms with E-state index in [2.05, 4.69) is 4.98 Å². The highest BCUT2D eigenvalue weighted by molar-refractivity contribution is 7.98. The number of carbonyl (C=O) groups excluding carboxylic acids is 1. The number of thioether (sulfide) groups is 1. The van der Waals surface area contributed by atoms with Crippen LogP contribution in [0.1, 0.15) is 15.9 Å². The van der Waals surface area contributed by atoms with Gasteiger partial charge >= 0.3 is 5.97 Å². The van der Waals surface area contributed by atoms with E-state index >= 15 is 0 Å². The third-order valence-electron chi connectivity index (χ3n) is 4.03. The summed E-state index contributed by atoms with van der Waals surface area (Å²) in [5.41, 5.74) is 1.82. The molecule has 0 unspecified atom stereocenters. The van der Waals surface area contributed by atoms with E-state index in [1.807, 2.05) is 30.5 Å². The highest BCUT2D eigenvalue weighted by Crippen LogP contribution is 2.28. The minimum absolute atomic E-state index is 0.0270. The van der Waals surface area contributed by atoms with Crippen molar-refractivity contribution >= 4 is 40.2 Å². The van der Waals surface area contributed by atoms with Crippen molar-refractivity contribution in [2.45, 2.75) is 11.5 Å². The Morgan fingerprint density at radius 3 is 2.56 bits per heavy atom. The number of ether oxygens (including phenoxy) is 3. The molecule has 0 N–H and O–H groups in total.